The summed E-state index contributed by atoms with van der Waals surface area (Å²) < 4.78 is 0. The van der Waals surface area contributed by atoms with E-state index in [1.807, 2.05) is 6.07 Å². The van der Waals surface area contributed by atoms with Gasteiger partial charge in [-0.25, -0.2) is 0 Å². The van der Waals surface area contributed by atoms with Crippen LogP contribution in [0.5, 0.6) is 0 Å². The lowest BCUT2D eigenvalue weighted by atomic mass is 10.1. The first kappa shape index (κ1) is 9.45. The number of hydrogen-bond donors (Lipinski definition) is 1. The van der Waals surface area contributed by atoms with Gasteiger partial charge < -0.3 is 10.1 Å². The highest BCUT2D eigenvalue weighted by Gasteiger charge is 1.98. The van der Waals surface area contributed by atoms with Crippen LogP contribution in [0.4, 0.5) is 5.69 Å². The number of rotatable bonds is 4. The Morgan fingerprint density at radius 3 is 2.92 bits per heavy atom. The highest BCUT2D eigenvalue weighted by Crippen LogP contribution is 2.10. The van der Waals surface area contributed by atoms with Gasteiger partial charge in [0, 0.05) is 11.3 Å². The molecule has 0 spiro atoms. The van der Waals surface area contributed by atoms with E-state index in [2.05, 4.69) is 5.32 Å². The Balaban J connectivity index is 2.79. The van der Waals surface area contributed by atoms with Gasteiger partial charge in [0.05, 0.1) is 6.54 Å². The molecular formula is C10H11NO2. The van der Waals surface area contributed by atoms with Crippen molar-refractivity contribution in [2.45, 2.75) is 6.92 Å². The van der Waals surface area contributed by atoms with Gasteiger partial charge >= 0.3 is 0 Å². The first-order valence-corrected chi connectivity index (χ1v) is 4.02. The fraction of sp³-hybridized carbons (Fsp3) is 0.200. The van der Waals surface area contributed by atoms with Crippen LogP contribution in [0.25, 0.3) is 0 Å². The van der Waals surface area contributed by atoms with Crippen LogP contribution in [0.15, 0.2) is 24.3 Å². The number of carbonyl (C=O) groups excluding carboxylic acids is 2. The lowest BCUT2D eigenvalue weighted by Crippen LogP contribution is -2.02. The summed E-state index contributed by atoms with van der Waals surface area (Å²) in [6, 6.07) is 7.07. The summed E-state index contributed by atoms with van der Waals surface area (Å²) in [6.07, 6.45) is 0.778. The summed E-state index contributed by atoms with van der Waals surface area (Å²) in [6.45, 7) is 1.78. The number of benzene rings is 1. The van der Waals surface area contributed by atoms with E-state index in [0.29, 0.717) is 5.56 Å². The van der Waals surface area contributed by atoms with Crippen LogP contribution in [0.3, 0.4) is 0 Å². The molecule has 68 valence electrons. The Kier molecular flexibility index (Phi) is 3.20. The van der Waals surface area contributed by atoms with Gasteiger partial charge in [-0.2, -0.15) is 0 Å². The zero-order valence-electron chi connectivity index (χ0n) is 7.41. The third-order valence-electron chi connectivity index (χ3n) is 1.66. The highest BCUT2D eigenvalue weighted by molar-refractivity contribution is 5.94. The molecule has 0 unspecified atom stereocenters. The Morgan fingerprint density at radius 2 is 2.31 bits per heavy atom. The van der Waals surface area contributed by atoms with E-state index >= 15 is 0 Å². The normalized spacial score (nSPS) is 9.31. The van der Waals surface area contributed by atoms with Crippen LogP contribution in [-0.2, 0) is 4.79 Å². The average molecular weight is 177 g/mol. The van der Waals surface area contributed by atoms with Crippen molar-refractivity contribution in [2.24, 2.45) is 0 Å². The Hall–Kier alpha value is -1.64. The molecule has 0 aliphatic heterocycles. The molecule has 3 nitrogen and oxygen atoms in total. The van der Waals surface area contributed by atoms with E-state index in [4.69, 9.17) is 0 Å². The molecule has 1 aromatic rings. The maximum atomic E-state index is 11.0. The second kappa shape index (κ2) is 4.40. The van der Waals surface area contributed by atoms with Crippen molar-refractivity contribution in [3.05, 3.63) is 29.8 Å². The molecule has 1 aromatic carbocycles. The fourth-order valence-corrected chi connectivity index (χ4v) is 1.01. The predicted molar refractivity (Wildman–Crippen MR) is 51.0 cm³/mol. The first-order chi connectivity index (χ1) is 6.24. The second-order valence-electron chi connectivity index (χ2n) is 2.68. The minimum Gasteiger partial charge on any atom is -0.378 e. The average Bonchev–Trinajstić information content (AvgIpc) is 2.15. The maximum absolute atomic E-state index is 11.0. The lowest BCUT2D eigenvalue weighted by Gasteiger charge is -2.02. The molecule has 0 heterocycles. The molecule has 1 rings (SSSR count). The van der Waals surface area contributed by atoms with Crippen molar-refractivity contribution in [2.75, 3.05) is 11.9 Å². The summed E-state index contributed by atoms with van der Waals surface area (Å²) in [4.78, 5) is 21.0. The quantitative estimate of drug-likeness (QED) is 0.560. The standard InChI is InChI=1S/C10H11NO2/c1-8(13)9-3-2-4-10(7-9)11-5-6-12/h2-4,6-7,11H,5H2,1H3. The van der Waals surface area contributed by atoms with Gasteiger partial charge in [-0.3, -0.25) is 4.79 Å². The summed E-state index contributed by atoms with van der Waals surface area (Å²) in [5.41, 5.74) is 1.44. The summed E-state index contributed by atoms with van der Waals surface area (Å²) in [5.74, 6) is 0.0229. The molecule has 13 heavy (non-hydrogen) atoms. The number of anilines is 1. The van der Waals surface area contributed by atoms with Crippen LogP contribution in [0.2, 0.25) is 0 Å². The Labute approximate surface area is 76.8 Å². The predicted octanol–water partition coefficient (Wildman–Crippen LogP) is 1.50. The topological polar surface area (TPSA) is 46.2 Å². The molecule has 0 fully saturated rings. The van der Waals surface area contributed by atoms with E-state index in [-0.39, 0.29) is 12.3 Å². The van der Waals surface area contributed by atoms with E-state index < -0.39 is 0 Å². The summed E-state index contributed by atoms with van der Waals surface area (Å²) in [5, 5.41) is 2.87. The summed E-state index contributed by atoms with van der Waals surface area (Å²) in [7, 11) is 0. The largest absolute Gasteiger partial charge is 0.378 e. The third kappa shape index (κ3) is 2.71. The molecular weight excluding hydrogens is 166 g/mol. The van der Waals surface area contributed by atoms with Crippen molar-refractivity contribution in [3.8, 4) is 0 Å². The zero-order valence-corrected chi connectivity index (χ0v) is 7.41. The van der Waals surface area contributed by atoms with Crippen LogP contribution >= 0.6 is 0 Å². The van der Waals surface area contributed by atoms with Gasteiger partial charge in [0.1, 0.15) is 6.29 Å². The fourth-order valence-electron chi connectivity index (χ4n) is 1.01. The number of ketones is 1. The number of hydrogen-bond acceptors (Lipinski definition) is 3. The SMILES string of the molecule is CC(=O)c1cccc(NCC=O)c1. The molecule has 0 atom stereocenters. The van der Waals surface area contributed by atoms with Gasteiger partial charge in [0.15, 0.2) is 5.78 Å². The van der Waals surface area contributed by atoms with Crippen molar-refractivity contribution in [1.82, 2.24) is 0 Å². The number of Topliss-reactive ketones (excluding diaryl/α,β-unsaturated/α-hetero) is 1. The molecule has 0 aliphatic carbocycles. The molecule has 1 N–H and O–H groups in total. The molecule has 0 saturated heterocycles. The third-order valence-corrected chi connectivity index (χ3v) is 1.66. The van der Waals surface area contributed by atoms with Crippen LogP contribution in [0.1, 0.15) is 17.3 Å². The maximum Gasteiger partial charge on any atom is 0.159 e. The van der Waals surface area contributed by atoms with E-state index in [0.717, 1.165) is 12.0 Å². The van der Waals surface area contributed by atoms with E-state index in [9.17, 15) is 9.59 Å². The number of aldehydes is 1. The summed E-state index contributed by atoms with van der Waals surface area (Å²) >= 11 is 0. The Bertz CT molecular complexity index is 320. The van der Waals surface area contributed by atoms with E-state index in [1.165, 1.54) is 6.92 Å². The van der Waals surface area contributed by atoms with Gasteiger partial charge in [-0.05, 0) is 19.1 Å². The molecule has 0 amide bonds. The first-order valence-electron chi connectivity index (χ1n) is 4.02. The van der Waals surface area contributed by atoms with Crippen molar-refractivity contribution < 1.29 is 9.59 Å². The highest BCUT2D eigenvalue weighted by atomic mass is 16.1. The van der Waals surface area contributed by atoms with Gasteiger partial charge in [0.2, 0.25) is 0 Å². The molecule has 0 radical (unpaired) electrons. The Morgan fingerprint density at radius 1 is 1.54 bits per heavy atom. The molecule has 0 aromatic heterocycles. The van der Waals surface area contributed by atoms with Gasteiger partial charge in [-0.15, -0.1) is 0 Å². The van der Waals surface area contributed by atoms with Crippen molar-refractivity contribution in [3.63, 3.8) is 0 Å². The smallest absolute Gasteiger partial charge is 0.159 e. The second-order valence-corrected chi connectivity index (χ2v) is 2.68. The van der Waals surface area contributed by atoms with Crippen LogP contribution < -0.4 is 5.32 Å². The molecule has 0 bridgehead atoms. The van der Waals surface area contributed by atoms with Crippen LogP contribution in [-0.4, -0.2) is 18.6 Å². The van der Waals surface area contributed by atoms with E-state index in [1.54, 1.807) is 18.2 Å². The molecule has 0 saturated carbocycles. The lowest BCUT2D eigenvalue weighted by molar-refractivity contribution is -0.106. The van der Waals surface area contributed by atoms with Crippen LogP contribution in [0, 0.1) is 0 Å². The minimum absolute atomic E-state index is 0.0229. The number of nitrogens with one attached hydrogen (secondary N) is 1. The number of carbonyl (C=O) groups is 2. The van der Waals surface area contributed by atoms with Crippen molar-refractivity contribution >= 4 is 17.8 Å². The zero-order chi connectivity index (χ0) is 9.68. The molecule has 0 aliphatic rings. The van der Waals surface area contributed by atoms with Gasteiger partial charge in [-0.1, -0.05) is 12.1 Å². The van der Waals surface area contributed by atoms with Crippen molar-refractivity contribution in [1.29, 1.82) is 0 Å². The minimum atomic E-state index is 0.0229. The van der Waals surface area contributed by atoms with Gasteiger partial charge in [0.25, 0.3) is 0 Å². The molecule has 3 heteroatoms. The monoisotopic (exact) mass is 177 g/mol.